The van der Waals surface area contributed by atoms with Gasteiger partial charge in [-0.05, 0) is 41.8 Å². The van der Waals surface area contributed by atoms with Crippen molar-refractivity contribution >= 4 is 41.1 Å². The number of rotatable bonds is 8. The average Bonchev–Trinajstić information content (AvgIpc) is 3.19. The van der Waals surface area contributed by atoms with Crippen LogP contribution in [0.3, 0.4) is 0 Å². The maximum atomic E-state index is 12.8. The molecule has 1 saturated heterocycles. The van der Waals surface area contributed by atoms with Crippen LogP contribution in [0.2, 0.25) is 10.0 Å². The van der Waals surface area contributed by atoms with E-state index in [0.717, 1.165) is 21.2 Å². The molecule has 0 radical (unpaired) electrons. The van der Waals surface area contributed by atoms with Crippen LogP contribution in [0.4, 0.5) is 4.79 Å². The molecule has 0 saturated carbocycles. The number of nitrogens with zero attached hydrogens (tertiary/aromatic N) is 5. The lowest BCUT2D eigenvalue weighted by atomic mass is 10.1. The fraction of sp³-hybridized carbons (Fsp3) is 0.400. The van der Waals surface area contributed by atoms with Crippen molar-refractivity contribution in [3.8, 4) is 0 Å². The molecule has 0 atom stereocenters. The minimum absolute atomic E-state index is 0.0369. The molecule has 2 aromatic heterocycles. The number of amides is 1. The summed E-state index contributed by atoms with van der Waals surface area (Å²) in [4.78, 5) is 22.8. The van der Waals surface area contributed by atoms with Crippen molar-refractivity contribution in [3.05, 3.63) is 69.9 Å². The van der Waals surface area contributed by atoms with E-state index < -0.39 is 6.09 Å². The standard InChI is InChI=1S/C25H29Cl2N5O3S/c1-17(2)23-24(36-21-13-19(26)12-20(27)14-21)32(15-18-4-6-28-7-5-18)22(29-23)16-35-25(33)30(3)31-8-10-34-11-9-31/h4-7,12-14,17H,8-11,15-16H2,1-3H3. The van der Waals surface area contributed by atoms with E-state index in [-0.39, 0.29) is 12.5 Å². The van der Waals surface area contributed by atoms with Gasteiger partial charge in [0.1, 0.15) is 10.9 Å². The Hall–Kier alpha value is -2.30. The minimum Gasteiger partial charge on any atom is -0.440 e. The fourth-order valence-corrected chi connectivity index (χ4v) is 5.73. The van der Waals surface area contributed by atoms with Crippen LogP contribution >= 0.6 is 35.0 Å². The Labute approximate surface area is 225 Å². The maximum absolute atomic E-state index is 12.8. The van der Waals surface area contributed by atoms with E-state index in [1.165, 1.54) is 5.01 Å². The van der Waals surface area contributed by atoms with Crippen molar-refractivity contribution in [1.82, 2.24) is 24.6 Å². The van der Waals surface area contributed by atoms with Crippen molar-refractivity contribution in [2.75, 3.05) is 33.4 Å². The highest BCUT2D eigenvalue weighted by atomic mass is 35.5. The second kappa shape index (κ2) is 12.3. The largest absolute Gasteiger partial charge is 0.440 e. The van der Waals surface area contributed by atoms with E-state index in [2.05, 4.69) is 23.4 Å². The first kappa shape index (κ1) is 26.8. The Morgan fingerprint density at radius 1 is 1.17 bits per heavy atom. The number of carbonyl (C=O) groups is 1. The first-order chi connectivity index (χ1) is 17.3. The third-order valence-corrected chi connectivity index (χ3v) is 7.24. The van der Waals surface area contributed by atoms with Gasteiger partial charge in [-0.25, -0.2) is 19.8 Å². The Morgan fingerprint density at radius 2 is 1.83 bits per heavy atom. The van der Waals surface area contributed by atoms with Crippen LogP contribution in [0.15, 0.2) is 52.6 Å². The predicted molar refractivity (Wildman–Crippen MR) is 141 cm³/mol. The van der Waals surface area contributed by atoms with E-state index in [1.807, 2.05) is 29.3 Å². The molecule has 0 N–H and O–H groups in total. The number of hydrogen-bond donors (Lipinski definition) is 0. The molecule has 3 heterocycles. The second-order valence-electron chi connectivity index (χ2n) is 8.67. The zero-order chi connectivity index (χ0) is 25.7. The molecule has 11 heteroatoms. The summed E-state index contributed by atoms with van der Waals surface area (Å²) < 4.78 is 13.2. The van der Waals surface area contributed by atoms with Crippen molar-refractivity contribution in [2.24, 2.45) is 0 Å². The molecule has 0 bridgehead atoms. The molecular formula is C25H29Cl2N5O3S. The number of halogens is 2. The van der Waals surface area contributed by atoms with Gasteiger partial charge in [-0.1, -0.05) is 48.8 Å². The van der Waals surface area contributed by atoms with Crippen LogP contribution in [0.25, 0.3) is 0 Å². The van der Waals surface area contributed by atoms with E-state index in [4.69, 9.17) is 37.7 Å². The van der Waals surface area contributed by atoms with Crippen molar-refractivity contribution in [2.45, 2.75) is 42.8 Å². The quantitative estimate of drug-likeness (QED) is 0.355. The van der Waals surface area contributed by atoms with Gasteiger partial charge in [-0.15, -0.1) is 0 Å². The van der Waals surface area contributed by atoms with E-state index in [0.29, 0.717) is 48.7 Å². The number of morpholine rings is 1. The summed E-state index contributed by atoms with van der Waals surface area (Å²) in [6, 6.07) is 9.39. The smallest absolute Gasteiger partial charge is 0.424 e. The number of hydrogen-bond acceptors (Lipinski definition) is 7. The highest BCUT2D eigenvalue weighted by Gasteiger charge is 2.24. The second-order valence-corrected chi connectivity index (χ2v) is 10.6. The number of hydrazine groups is 1. The van der Waals surface area contributed by atoms with Crippen molar-refractivity contribution in [3.63, 3.8) is 0 Å². The maximum Gasteiger partial charge on any atom is 0.424 e. The monoisotopic (exact) mass is 549 g/mol. The highest BCUT2D eigenvalue weighted by Crippen LogP contribution is 2.37. The summed E-state index contributed by atoms with van der Waals surface area (Å²) in [7, 11) is 1.71. The predicted octanol–water partition coefficient (Wildman–Crippen LogP) is 5.72. The molecule has 1 aliphatic heterocycles. The Balaban J connectivity index is 1.64. The van der Waals surface area contributed by atoms with Gasteiger partial charge in [0.25, 0.3) is 0 Å². The molecule has 0 aliphatic carbocycles. The third kappa shape index (κ3) is 6.72. The van der Waals surface area contributed by atoms with Gasteiger partial charge in [0.2, 0.25) is 0 Å². The van der Waals surface area contributed by atoms with E-state index in [1.54, 1.807) is 37.3 Å². The van der Waals surface area contributed by atoms with Crippen molar-refractivity contribution in [1.29, 1.82) is 0 Å². The lowest BCUT2D eigenvalue weighted by Gasteiger charge is -2.33. The fourth-order valence-electron chi connectivity index (χ4n) is 3.82. The van der Waals surface area contributed by atoms with Gasteiger partial charge in [-0.2, -0.15) is 0 Å². The van der Waals surface area contributed by atoms with Gasteiger partial charge in [0.05, 0.1) is 25.5 Å². The molecule has 8 nitrogen and oxygen atoms in total. The molecule has 1 amide bonds. The number of benzene rings is 1. The number of ether oxygens (including phenoxy) is 2. The molecule has 1 fully saturated rings. The first-order valence-corrected chi connectivity index (χ1v) is 13.2. The van der Waals surface area contributed by atoms with Crippen LogP contribution in [0.5, 0.6) is 0 Å². The normalized spacial score (nSPS) is 14.3. The molecule has 1 aliphatic rings. The summed E-state index contributed by atoms with van der Waals surface area (Å²) in [6.45, 7) is 7.22. The summed E-state index contributed by atoms with van der Waals surface area (Å²) in [5, 5.41) is 5.51. The van der Waals surface area contributed by atoms with E-state index >= 15 is 0 Å². The average molecular weight is 551 g/mol. The number of aromatic nitrogens is 3. The lowest BCUT2D eigenvalue weighted by Crippen LogP contribution is -2.49. The van der Waals surface area contributed by atoms with Crippen LogP contribution < -0.4 is 0 Å². The first-order valence-electron chi connectivity index (χ1n) is 11.7. The van der Waals surface area contributed by atoms with Gasteiger partial charge >= 0.3 is 6.09 Å². The molecule has 0 spiro atoms. The molecule has 192 valence electrons. The van der Waals surface area contributed by atoms with Gasteiger partial charge in [0.15, 0.2) is 6.61 Å². The molecule has 4 rings (SSSR count). The lowest BCUT2D eigenvalue weighted by molar-refractivity contribution is -0.0684. The SMILES string of the molecule is CC(C)c1nc(COC(=O)N(C)N2CCOCC2)n(Cc2ccncc2)c1Sc1cc(Cl)cc(Cl)c1. The molecule has 1 aromatic carbocycles. The summed E-state index contributed by atoms with van der Waals surface area (Å²) in [5.41, 5.74) is 1.97. The zero-order valence-corrected chi connectivity index (χ0v) is 22.8. The van der Waals surface area contributed by atoms with E-state index in [9.17, 15) is 4.79 Å². The molecule has 0 unspecified atom stereocenters. The summed E-state index contributed by atoms with van der Waals surface area (Å²) in [6.07, 6.45) is 3.09. The number of pyridine rings is 1. The van der Waals surface area contributed by atoms with Crippen LogP contribution in [-0.2, 0) is 22.6 Å². The Morgan fingerprint density at radius 3 is 2.47 bits per heavy atom. The highest BCUT2D eigenvalue weighted by molar-refractivity contribution is 7.99. The van der Waals surface area contributed by atoms with Crippen molar-refractivity contribution < 1.29 is 14.3 Å². The van der Waals surface area contributed by atoms with Gasteiger partial charge in [0, 0.05) is 47.5 Å². The molecule has 3 aromatic rings. The molecule has 36 heavy (non-hydrogen) atoms. The zero-order valence-electron chi connectivity index (χ0n) is 20.5. The third-order valence-electron chi connectivity index (χ3n) is 5.71. The van der Waals surface area contributed by atoms with Gasteiger partial charge < -0.3 is 14.0 Å². The summed E-state index contributed by atoms with van der Waals surface area (Å²) in [5.74, 6) is 0.807. The topological polar surface area (TPSA) is 72.7 Å². The summed E-state index contributed by atoms with van der Waals surface area (Å²) >= 11 is 14.1. The van der Waals surface area contributed by atoms with Crippen LogP contribution in [-0.4, -0.2) is 64.0 Å². The Bertz CT molecular complexity index is 1170. The number of imidazole rings is 1. The molecular weight excluding hydrogens is 521 g/mol. The van der Waals surface area contributed by atoms with Gasteiger partial charge in [-0.3, -0.25) is 4.98 Å². The Kier molecular flexibility index (Phi) is 9.14. The van der Waals surface area contributed by atoms with Crippen LogP contribution in [0.1, 0.15) is 36.8 Å². The van der Waals surface area contributed by atoms with Crippen LogP contribution in [0, 0.1) is 0 Å². The number of carbonyl (C=O) groups excluding carboxylic acids is 1. The minimum atomic E-state index is -0.433.